The number of nitrogens with two attached hydrogens (primary N) is 1. The quantitative estimate of drug-likeness (QED) is 0.256. The first-order chi connectivity index (χ1) is 17.2. The molecule has 0 aliphatic heterocycles. The number of carbonyl (C=O) groups is 1. The van der Waals surface area contributed by atoms with E-state index in [1.807, 2.05) is 6.92 Å². The van der Waals surface area contributed by atoms with E-state index in [1.165, 1.54) is 17.7 Å². The highest BCUT2D eigenvalue weighted by atomic mass is 32.1. The van der Waals surface area contributed by atoms with E-state index >= 15 is 0 Å². The van der Waals surface area contributed by atoms with Crippen LogP contribution in [-0.4, -0.2) is 20.4 Å². The molecular formula is C25H19F3N6OS. The van der Waals surface area contributed by atoms with Gasteiger partial charge in [0.15, 0.2) is 0 Å². The molecule has 182 valence electrons. The molecule has 5 aromatic rings. The highest BCUT2D eigenvalue weighted by molar-refractivity contribution is 7.18. The van der Waals surface area contributed by atoms with Crippen LogP contribution in [0.25, 0.3) is 15.9 Å². The molecular weight excluding hydrogens is 489 g/mol. The summed E-state index contributed by atoms with van der Waals surface area (Å²) in [4.78, 5) is 21.1. The number of anilines is 4. The third-order valence-electron chi connectivity index (χ3n) is 5.55. The third-order valence-corrected chi connectivity index (χ3v) is 6.54. The van der Waals surface area contributed by atoms with E-state index in [4.69, 9.17) is 5.73 Å². The summed E-state index contributed by atoms with van der Waals surface area (Å²) in [5.41, 5.74) is 8.32. The van der Waals surface area contributed by atoms with Gasteiger partial charge in [-0.25, -0.2) is 9.97 Å². The molecule has 4 N–H and O–H groups in total. The van der Waals surface area contributed by atoms with Crippen LogP contribution < -0.4 is 16.4 Å². The van der Waals surface area contributed by atoms with Crippen LogP contribution in [0.4, 0.5) is 36.1 Å². The Morgan fingerprint density at radius 3 is 2.58 bits per heavy atom. The molecule has 0 radical (unpaired) electrons. The van der Waals surface area contributed by atoms with Crippen molar-refractivity contribution < 1.29 is 18.0 Å². The van der Waals surface area contributed by atoms with Crippen molar-refractivity contribution in [1.82, 2.24) is 14.5 Å². The van der Waals surface area contributed by atoms with Crippen molar-refractivity contribution in [2.75, 3.05) is 16.4 Å². The number of thiophene rings is 1. The van der Waals surface area contributed by atoms with E-state index in [1.54, 1.807) is 58.7 Å². The predicted octanol–water partition coefficient (Wildman–Crippen LogP) is 6.39. The highest BCUT2D eigenvalue weighted by Crippen LogP contribution is 2.34. The molecule has 0 bridgehead atoms. The monoisotopic (exact) mass is 508 g/mol. The average molecular weight is 509 g/mol. The molecule has 0 aliphatic carbocycles. The van der Waals surface area contributed by atoms with Crippen molar-refractivity contribution in [2.24, 2.45) is 0 Å². The van der Waals surface area contributed by atoms with E-state index in [2.05, 4.69) is 20.6 Å². The molecule has 3 aromatic heterocycles. The number of rotatable bonds is 5. The highest BCUT2D eigenvalue weighted by Gasteiger charge is 2.31. The largest absolute Gasteiger partial charge is 0.416 e. The zero-order valence-corrected chi connectivity index (χ0v) is 19.6. The van der Waals surface area contributed by atoms with Crippen molar-refractivity contribution in [2.45, 2.75) is 13.1 Å². The molecule has 3 heterocycles. The van der Waals surface area contributed by atoms with Crippen LogP contribution in [0, 0.1) is 6.92 Å². The van der Waals surface area contributed by atoms with Crippen molar-refractivity contribution in [3.05, 3.63) is 89.3 Å². The van der Waals surface area contributed by atoms with Crippen LogP contribution >= 0.6 is 11.3 Å². The lowest BCUT2D eigenvalue weighted by atomic mass is 10.1. The van der Waals surface area contributed by atoms with Crippen molar-refractivity contribution >= 4 is 50.3 Å². The minimum absolute atomic E-state index is 0.255. The van der Waals surface area contributed by atoms with Gasteiger partial charge in [0.2, 0.25) is 0 Å². The number of aryl methyl sites for hydroxylation is 1. The number of alkyl halides is 3. The molecule has 0 spiro atoms. The van der Waals surface area contributed by atoms with Crippen LogP contribution in [0.3, 0.4) is 0 Å². The third kappa shape index (κ3) is 4.60. The summed E-state index contributed by atoms with van der Waals surface area (Å²) in [6, 6.07) is 12.4. The lowest BCUT2D eigenvalue weighted by Gasteiger charge is -2.16. The van der Waals surface area contributed by atoms with Crippen LogP contribution in [0.5, 0.6) is 0 Å². The first-order valence-corrected chi connectivity index (χ1v) is 11.6. The Hall–Kier alpha value is -4.38. The molecule has 36 heavy (non-hydrogen) atoms. The summed E-state index contributed by atoms with van der Waals surface area (Å²) < 4.78 is 42.9. The predicted molar refractivity (Wildman–Crippen MR) is 135 cm³/mol. The van der Waals surface area contributed by atoms with Gasteiger partial charge in [0.05, 0.1) is 21.3 Å². The van der Waals surface area contributed by atoms with Gasteiger partial charge in [0.25, 0.3) is 5.91 Å². The second-order valence-electron chi connectivity index (χ2n) is 8.05. The Balaban J connectivity index is 1.44. The number of nitrogen functional groups attached to an aromatic ring is 1. The van der Waals surface area contributed by atoms with Crippen LogP contribution in [-0.2, 0) is 6.18 Å². The Bertz CT molecular complexity index is 1580. The number of halogens is 3. The first-order valence-electron chi connectivity index (χ1n) is 10.7. The Morgan fingerprint density at radius 2 is 1.83 bits per heavy atom. The Morgan fingerprint density at radius 1 is 1.06 bits per heavy atom. The molecule has 0 aliphatic rings. The van der Waals surface area contributed by atoms with Gasteiger partial charge in [0, 0.05) is 40.5 Å². The van der Waals surface area contributed by atoms with Crippen LogP contribution in [0.2, 0.25) is 0 Å². The first kappa shape index (κ1) is 23.4. The van der Waals surface area contributed by atoms with E-state index in [9.17, 15) is 18.0 Å². The number of nitrogens with zero attached hydrogens (tertiary/aromatic N) is 3. The number of nitrogens with one attached hydrogen (secondary N) is 2. The number of hydrogen-bond donors (Lipinski definition) is 3. The normalized spacial score (nSPS) is 11.6. The molecule has 1 amide bonds. The molecule has 0 saturated heterocycles. The Labute approximate surface area is 207 Å². The molecule has 11 heteroatoms. The number of benzene rings is 2. The number of aromatic nitrogens is 3. The maximum Gasteiger partial charge on any atom is 0.416 e. The maximum atomic E-state index is 13.6. The zero-order chi connectivity index (χ0) is 25.4. The van der Waals surface area contributed by atoms with Gasteiger partial charge in [-0.3, -0.25) is 4.79 Å². The van der Waals surface area contributed by atoms with E-state index in [0.29, 0.717) is 38.7 Å². The van der Waals surface area contributed by atoms with Crippen LogP contribution in [0.1, 0.15) is 21.5 Å². The van der Waals surface area contributed by atoms with Crippen molar-refractivity contribution in [3.8, 4) is 5.69 Å². The fraction of sp³-hybridized carbons (Fsp3) is 0.0800. The van der Waals surface area contributed by atoms with E-state index < -0.39 is 11.7 Å². The fourth-order valence-electron chi connectivity index (χ4n) is 3.72. The van der Waals surface area contributed by atoms with Crippen molar-refractivity contribution in [1.29, 1.82) is 0 Å². The number of hydrogen-bond acceptors (Lipinski definition) is 6. The fourth-order valence-corrected chi connectivity index (χ4v) is 4.63. The van der Waals surface area contributed by atoms with E-state index in [-0.39, 0.29) is 11.6 Å². The minimum atomic E-state index is -4.51. The van der Waals surface area contributed by atoms with E-state index in [0.717, 1.165) is 17.7 Å². The lowest BCUT2D eigenvalue weighted by Crippen LogP contribution is -2.13. The molecule has 7 nitrogen and oxygen atoms in total. The molecule has 0 atom stereocenters. The van der Waals surface area contributed by atoms with Gasteiger partial charge < -0.3 is 20.9 Å². The molecule has 0 fully saturated rings. The summed E-state index contributed by atoms with van der Waals surface area (Å²) in [5.74, 6) is -0.0830. The van der Waals surface area contributed by atoms with Crippen LogP contribution in [0.15, 0.2) is 72.6 Å². The van der Waals surface area contributed by atoms with Crippen molar-refractivity contribution in [3.63, 3.8) is 0 Å². The zero-order valence-electron chi connectivity index (χ0n) is 18.8. The number of amides is 1. The smallest absolute Gasteiger partial charge is 0.382 e. The second-order valence-corrected chi connectivity index (χ2v) is 8.93. The standard InChI is InChI=1S/C25H19F3N6OS/c1-14-4-5-16(11-20(14)33-24(35)19-12-36-22-21(19)30-13-31-23(22)29)32-17-8-15(25(26,27)28)9-18(10-17)34-6-2-3-7-34/h2-13,32H,1H3,(H,33,35)(H2,29,30,31). The molecule has 0 unspecified atom stereocenters. The van der Waals surface area contributed by atoms with Gasteiger partial charge in [0.1, 0.15) is 12.1 Å². The molecule has 0 saturated carbocycles. The topological polar surface area (TPSA) is 97.9 Å². The molecule has 2 aromatic carbocycles. The SMILES string of the molecule is Cc1ccc(Nc2cc(-n3cccc3)cc(C(F)(F)F)c2)cc1NC(=O)c1csc2c(N)ncnc12. The minimum Gasteiger partial charge on any atom is -0.382 e. The molecule has 5 rings (SSSR count). The maximum absolute atomic E-state index is 13.6. The summed E-state index contributed by atoms with van der Waals surface area (Å²) in [7, 11) is 0. The summed E-state index contributed by atoms with van der Waals surface area (Å²) in [5, 5.41) is 7.55. The number of carbonyl (C=O) groups excluding carboxylic acids is 1. The summed E-state index contributed by atoms with van der Waals surface area (Å²) in [6.07, 6.45) is 0.132. The Kier molecular flexibility index (Phi) is 5.84. The van der Waals surface area contributed by atoms with Gasteiger partial charge in [-0.15, -0.1) is 11.3 Å². The number of fused-ring (bicyclic) bond motifs is 1. The summed E-state index contributed by atoms with van der Waals surface area (Å²) >= 11 is 1.27. The summed E-state index contributed by atoms with van der Waals surface area (Å²) in [6.45, 7) is 1.82. The second kappa shape index (κ2) is 9.00. The van der Waals surface area contributed by atoms with Gasteiger partial charge in [-0.2, -0.15) is 13.2 Å². The van der Waals surface area contributed by atoms with Gasteiger partial charge in [-0.05, 0) is 55.0 Å². The van der Waals surface area contributed by atoms with Gasteiger partial charge >= 0.3 is 6.18 Å². The van der Waals surface area contributed by atoms with Gasteiger partial charge in [-0.1, -0.05) is 6.07 Å². The lowest BCUT2D eigenvalue weighted by molar-refractivity contribution is -0.137. The average Bonchev–Trinajstić information content (AvgIpc) is 3.51.